The Bertz CT molecular complexity index is 605. The highest BCUT2D eigenvalue weighted by Crippen LogP contribution is 2.19. The molecule has 1 atom stereocenters. The maximum absolute atomic E-state index is 12.1. The molecule has 23 heavy (non-hydrogen) atoms. The Morgan fingerprint density at radius 3 is 2.22 bits per heavy atom. The van der Waals surface area contributed by atoms with Crippen LogP contribution in [0.1, 0.15) is 50.3 Å². The van der Waals surface area contributed by atoms with Gasteiger partial charge in [-0.3, -0.25) is 4.79 Å². The van der Waals surface area contributed by atoms with E-state index in [1.54, 1.807) is 0 Å². The van der Waals surface area contributed by atoms with Crippen molar-refractivity contribution in [1.82, 2.24) is 5.32 Å². The lowest BCUT2D eigenvalue weighted by Gasteiger charge is -2.17. The monoisotopic (exact) mass is 311 g/mol. The van der Waals surface area contributed by atoms with E-state index < -0.39 is 0 Å². The second-order valence-corrected chi connectivity index (χ2v) is 5.95. The lowest BCUT2D eigenvalue weighted by atomic mass is 10.0. The third-order valence-electron chi connectivity index (χ3n) is 3.86. The molecule has 122 valence electrons. The highest BCUT2D eigenvalue weighted by Gasteiger charge is 2.12. The number of hydrogen-bond acceptors (Lipinski definition) is 2. The van der Waals surface area contributed by atoms with Crippen LogP contribution in [0, 0.1) is 0 Å². The topological polar surface area (TPSA) is 38.3 Å². The van der Waals surface area contributed by atoms with Crippen LogP contribution < -0.4 is 10.1 Å². The predicted octanol–water partition coefficient (Wildman–Crippen LogP) is 4.46. The van der Waals surface area contributed by atoms with E-state index >= 15 is 0 Å². The third-order valence-corrected chi connectivity index (χ3v) is 3.86. The quantitative estimate of drug-likeness (QED) is 0.820. The van der Waals surface area contributed by atoms with E-state index in [1.165, 1.54) is 5.56 Å². The van der Waals surface area contributed by atoms with E-state index in [1.807, 2.05) is 54.6 Å². The summed E-state index contributed by atoms with van der Waals surface area (Å²) in [5, 5.41) is 3.02. The van der Waals surface area contributed by atoms with Crippen molar-refractivity contribution in [3.8, 4) is 5.75 Å². The van der Waals surface area contributed by atoms with Crippen molar-refractivity contribution in [2.24, 2.45) is 0 Å². The molecule has 2 aromatic carbocycles. The first-order chi connectivity index (χ1) is 11.1. The Morgan fingerprint density at radius 2 is 1.65 bits per heavy atom. The van der Waals surface area contributed by atoms with Gasteiger partial charge in [-0.05, 0) is 35.6 Å². The zero-order valence-electron chi connectivity index (χ0n) is 14.1. The molecule has 1 unspecified atom stereocenters. The molecule has 2 aromatic rings. The highest BCUT2D eigenvalue weighted by atomic mass is 16.5. The molecule has 1 amide bonds. The van der Waals surface area contributed by atoms with Crippen LogP contribution in [-0.2, 0) is 4.79 Å². The Labute approximate surface area is 138 Å². The van der Waals surface area contributed by atoms with Crippen LogP contribution in [0.15, 0.2) is 54.6 Å². The normalized spacial score (nSPS) is 12.0. The summed E-state index contributed by atoms with van der Waals surface area (Å²) in [5.74, 6) is 1.11. The number of nitrogens with one attached hydrogen (secondary N) is 1. The molecule has 0 bridgehead atoms. The molecule has 0 saturated carbocycles. The molecule has 0 aliphatic carbocycles. The second-order valence-electron chi connectivity index (χ2n) is 5.95. The molecule has 0 aliphatic rings. The molecule has 0 heterocycles. The molecule has 1 N–H and O–H groups in total. The van der Waals surface area contributed by atoms with E-state index in [0.29, 0.717) is 5.92 Å². The van der Waals surface area contributed by atoms with Crippen molar-refractivity contribution >= 4 is 5.91 Å². The van der Waals surface area contributed by atoms with Crippen molar-refractivity contribution in [3.63, 3.8) is 0 Å². The largest absolute Gasteiger partial charge is 0.484 e. The fourth-order valence-electron chi connectivity index (χ4n) is 2.44. The Hall–Kier alpha value is -2.29. The summed E-state index contributed by atoms with van der Waals surface area (Å²) in [6.45, 7) is 6.39. The van der Waals surface area contributed by atoms with Crippen LogP contribution >= 0.6 is 0 Å². The summed E-state index contributed by atoms with van der Waals surface area (Å²) in [7, 11) is 0. The summed E-state index contributed by atoms with van der Waals surface area (Å²) < 4.78 is 5.57. The molecule has 0 spiro atoms. The fourth-order valence-corrected chi connectivity index (χ4v) is 2.44. The van der Waals surface area contributed by atoms with Crippen LogP contribution in [0.4, 0.5) is 0 Å². The first-order valence-corrected chi connectivity index (χ1v) is 8.17. The maximum atomic E-state index is 12.1. The van der Waals surface area contributed by atoms with Gasteiger partial charge in [0, 0.05) is 0 Å². The Balaban J connectivity index is 1.86. The second kappa shape index (κ2) is 8.37. The lowest BCUT2D eigenvalue weighted by molar-refractivity contribution is -0.123. The number of amides is 1. The molecule has 0 saturated heterocycles. The first kappa shape index (κ1) is 17.1. The number of rotatable bonds is 7. The average Bonchev–Trinajstić information content (AvgIpc) is 2.59. The zero-order chi connectivity index (χ0) is 16.7. The van der Waals surface area contributed by atoms with Gasteiger partial charge in [0.2, 0.25) is 0 Å². The Morgan fingerprint density at radius 1 is 1.00 bits per heavy atom. The van der Waals surface area contributed by atoms with Crippen molar-refractivity contribution < 1.29 is 9.53 Å². The van der Waals surface area contributed by atoms with Gasteiger partial charge in [0.1, 0.15) is 5.75 Å². The number of carbonyl (C=O) groups is 1. The third kappa shape index (κ3) is 5.13. The van der Waals surface area contributed by atoms with E-state index in [9.17, 15) is 4.79 Å². The lowest BCUT2D eigenvalue weighted by Crippen LogP contribution is -2.32. The number of carbonyl (C=O) groups excluding carboxylic acids is 1. The van der Waals surface area contributed by atoms with Crippen molar-refractivity contribution in [3.05, 3.63) is 65.7 Å². The van der Waals surface area contributed by atoms with Gasteiger partial charge in [-0.25, -0.2) is 0 Å². The van der Waals surface area contributed by atoms with Gasteiger partial charge in [0.15, 0.2) is 6.61 Å². The van der Waals surface area contributed by atoms with Gasteiger partial charge >= 0.3 is 0 Å². The van der Waals surface area contributed by atoms with E-state index in [0.717, 1.165) is 17.7 Å². The van der Waals surface area contributed by atoms with Crippen LogP contribution in [0.3, 0.4) is 0 Å². The molecule has 0 fully saturated rings. The molecular weight excluding hydrogens is 286 g/mol. The summed E-state index contributed by atoms with van der Waals surface area (Å²) in [6, 6.07) is 17.9. The smallest absolute Gasteiger partial charge is 0.258 e. The molecule has 3 nitrogen and oxygen atoms in total. The van der Waals surface area contributed by atoms with Gasteiger partial charge in [0.25, 0.3) is 5.91 Å². The molecule has 2 rings (SSSR count). The standard InChI is InChI=1S/C20H25NO2/c1-4-19(17-8-6-5-7-9-17)21-20(22)14-23-18-12-10-16(11-13-18)15(2)3/h5-13,15,19H,4,14H2,1-3H3,(H,21,22). The van der Waals surface area contributed by atoms with Gasteiger partial charge < -0.3 is 10.1 Å². The number of benzene rings is 2. The van der Waals surface area contributed by atoms with E-state index in [-0.39, 0.29) is 18.6 Å². The fraction of sp³-hybridized carbons (Fsp3) is 0.350. The van der Waals surface area contributed by atoms with Crippen molar-refractivity contribution in [2.45, 2.75) is 39.2 Å². The van der Waals surface area contributed by atoms with Gasteiger partial charge in [-0.2, -0.15) is 0 Å². The Kier molecular flexibility index (Phi) is 6.21. The predicted molar refractivity (Wildman–Crippen MR) is 93.6 cm³/mol. The first-order valence-electron chi connectivity index (χ1n) is 8.17. The van der Waals surface area contributed by atoms with Crippen LogP contribution in [-0.4, -0.2) is 12.5 Å². The number of ether oxygens (including phenoxy) is 1. The highest BCUT2D eigenvalue weighted by molar-refractivity contribution is 5.78. The molecule has 3 heteroatoms. The molecule has 0 aliphatic heterocycles. The van der Waals surface area contributed by atoms with Crippen molar-refractivity contribution in [2.75, 3.05) is 6.61 Å². The zero-order valence-corrected chi connectivity index (χ0v) is 14.1. The molecular formula is C20H25NO2. The molecule has 0 radical (unpaired) electrons. The van der Waals surface area contributed by atoms with Crippen LogP contribution in [0.2, 0.25) is 0 Å². The van der Waals surface area contributed by atoms with Gasteiger partial charge in [0.05, 0.1) is 6.04 Å². The van der Waals surface area contributed by atoms with Crippen LogP contribution in [0.5, 0.6) is 5.75 Å². The summed E-state index contributed by atoms with van der Waals surface area (Å²) in [5.41, 5.74) is 2.38. The van der Waals surface area contributed by atoms with Gasteiger partial charge in [-0.15, -0.1) is 0 Å². The SMILES string of the molecule is CCC(NC(=O)COc1ccc(C(C)C)cc1)c1ccccc1. The van der Waals surface area contributed by atoms with Crippen LogP contribution in [0.25, 0.3) is 0 Å². The maximum Gasteiger partial charge on any atom is 0.258 e. The van der Waals surface area contributed by atoms with Gasteiger partial charge in [-0.1, -0.05) is 63.2 Å². The average molecular weight is 311 g/mol. The van der Waals surface area contributed by atoms with E-state index in [4.69, 9.17) is 4.74 Å². The van der Waals surface area contributed by atoms with Crippen molar-refractivity contribution in [1.29, 1.82) is 0 Å². The minimum absolute atomic E-state index is 0.0237. The summed E-state index contributed by atoms with van der Waals surface area (Å²) in [4.78, 5) is 12.1. The minimum Gasteiger partial charge on any atom is -0.484 e. The molecule has 0 aromatic heterocycles. The van der Waals surface area contributed by atoms with E-state index in [2.05, 4.69) is 26.1 Å². The minimum atomic E-state index is -0.103. The summed E-state index contributed by atoms with van der Waals surface area (Å²) in [6.07, 6.45) is 0.846. The summed E-state index contributed by atoms with van der Waals surface area (Å²) >= 11 is 0. The number of hydrogen-bond donors (Lipinski definition) is 1.